The van der Waals surface area contributed by atoms with Gasteiger partial charge in [-0.05, 0) is 47.9 Å². The van der Waals surface area contributed by atoms with Crippen molar-refractivity contribution in [3.63, 3.8) is 0 Å². The topological polar surface area (TPSA) is 40.5 Å². The Morgan fingerprint density at radius 3 is 2.42 bits per heavy atom. The third kappa shape index (κ3) is 3.84. The van der Waals surface area contributed by atoms with E-state index in [1.54, 1.807) is 6.07 Å². The lowest BCUT2D eigenvalue weighted by Gasteiger charge is -2.42. The maximum Gasteiger partial charge on any atom is 0.126 e. The van der Waals surface area contributed by atoms with E-state index in [2.05, 4.69) is 13.8 Å². The molecular weight excluding hydrogens is 327 g/mol. The van der Waals surface area contributed by atoms with Crippen molar-refractivity contribution in [3.05, 3.63) is 70.5 Å². The second-order valence-corrected chi connectivity index (χ2v) is 7.88. The Kier molecular flexibility index (Phi) is 5.79. The highest BCUT2D eigenvalue weighted by Gasteiger charge is 2.41. The Morgan fingerprint density at radius 1 is 1.08 bits per heavy atom. The van der Waals surface area contributed by atoms with E-state index in [-0.39, 0.29) is 17.7 Å². The van der Waals surface area contributed by atoms with Gasteiger partial charge in [0.05, 0.1) is 12.2 Å². The molecule has 5 atom stereocenters. The van der Waals surface area contributed by atoms with Crippen LogP contribution < -0.4 is 0 Å². The molecule has 1 fully saturated rings. The second kappa shape index (κ2) is 7.89. The average Bonchev–Trinajstić information content (AvgIpc) is 2.62. The molecule has 2 aromatic rings. The van der Waals surface area contributed by atoms with Crippen molar-refractivity contribution in [1.82, 2.24) is 0 Å². The Morgan fingerprint density at radius 2 is 1.77 bits per heavy atom. The summed E-state index contributed by atoms with van der Waals surface area (Å²) in [5, 5.41) is 20.9. The fourth-order valence-electron chi connectivity index (χ4n) is 4.51. The number of hydrogen-bond acceptors (Lipinski definition) is 2. The van der Waals surface area contributed by atoms with Crippen LogP contribution in [-0.2, 0) is 6.42 Å². The summed E-state index contributed by atoms with van der Waals surface area (Å²) in [6.45, 7) is 6.29. The average molecular weight is 356 g/mol. The van der Waals surface area contributed by atoms with Crippen molar-refractivity contribution in [2.45, 2.75) is 58.2 Å². The summed E-state index contributed by atoms with van der Waals surface area (Å²) < 4.78 is 14.4. The van der Waals surface area contributed by atoms with Crippen LogP contribution in [0.25, 0.3) is 0 Å². The number of aryl methyl sites for hydroxylation is 1. The fourth-order valence-corrected chi connectivity index (χ4v) is 4.51. The Balaban J connectivity index is 1.93. The third-order valence-corrected chi connectivity index (χ3v) is 6.01. The van der Waals surface area contributed by atoms with Crippen LogP contribution in [0.5, 0.6) is 0 Å². The molecule has 2 nitrogen and oxygen atoms in total. The molecule has 1 aliphatic carbocycles. The molecular formula is C23H29FO2. The minimum absolute atomic E-state index is 0.156. The number of rotatable bonds is 4. The first-order valence-electron chi connectivity index (χ1n) is 9.60. The summed E-state index contributed by atoms with van der Waals surface area (Å²) in [6.07, 6.45) is 0.558. The van der Waals surface area contributed by atoms with Crippen LogP contribution in [0.4, 0.5) is 4.39 Å². The van der Waals surface area contributed by atoms with Gasteiger partial charge in [-0.15, -0.1) is 0 Å². The fraction of sp³-hybridized carbons (Fsp3) is 0.478. The third-order valence-electron chi connectivity index (χ3n) is 6.01. The monoisotopic (exact) mass is 356 g/mol. The molecule has 0 aromatic heterocycles. The minimum atomic E-state index is -0.797. The van der Waals surface area contributed by atoms with E-state index in [1.165, 1.54) is 11.6 Å². The van der Waals surface area contributed by atoms with Crippen LogP contribution >= 0.6 is 0 Å². The summed E-state index contributed by atoms with van der Waals surface area (Å²) >= 11 is 0. The molecule has 0 bridgehead atoms. The number of aliphatic hydroxyl groups excluding tert-OH is 2. The molecule has 0 radical (unpaired) electrons. The molecule has 0 spiro atoms. The SMILES string of the molecule is CCC1C(C)CC(O)C(O)C1c1ccc(F)c(Cc2ccc(C)cc2)c1. The van der Waals surface area contributed by atoms with Gasteiger partial charge >= 0.3 is 0 Å². The number of aliphatic hydroxyl groups is 2. The first-order chi connectivity index (χ1) is 12.4. The molecule has 3 heteroatoms. The highest BCUT2D eigenvalue weighted by Crippen LogP contribution is 2.43. The Hall–Kier alpha value is -1.71. The number of benzene rings is 2. The van der Waals surface area contributed by atoms with Gasteiger partial charge < -0.3 is 10.2 Å². The van der Waals surface area contributed by atoms with Crippen LogP contribution in [0, 0.1) is 24.6 Å². The predicted molar refractivity (Wildman–Crippen MR) is 103 cm³/mol. The van der Waals surface area contributed by atoms with Gasteiger partial charge in [0.25, 0.3) is 0 Å². The van der Waals surface area contributed by atoms with Gasteiger partial charge in [-0.25, -0.2) is 4.39 Å². The van der Waals surface area contributed by atoms with Crippen molar-refractivity contribution < 1.29 is 14.6 Å². The van der Waals surface area contributed by atoms with Crippen molar-refractivity contribution >= 4 is 0 Å². The van der Waals surface area contributed by atoms with Crippen LogP contribution in [0.1, 0.15) is 54.9 Å². The van der Waals surface area contributed by atoms with E-state index in [0.29, 0.717) is 24.3 Å². The Bertz CT molecular complexity index is 740. The van der Waals surface area contributed by atoms with E-state index in [4.69, 9.17) is 0 Å². The number of hydrogen-bond donors (Lipinski definition) is 2. The van der Waals surface area contributed by atoms with E-state index >= 15 is 0 Å². The molecule has 0 amide bonds. The van der Waals surface area contributed by atoms with Crippen molar-refractivity contribution in [2.24, 2.45) is 11.8 Å². The summed E-state index contributed by atoms with van der Waals surface area (Å²) in [5.41, 5.74) is 3.82. The lowest BCUT2D eigenvalue weighted by atomic mass is 9.66. The van der Waals surface area contributed by atoms with Crippen LogP contribution in [0.2, 0.25) is 0 Å². The van der Waals surface area contributed by atoms with Gasteiger partial charge in [-0.1, -0.05) is 62.2 Å². The van der Waals surface area contributed by atoms with Crippen LogP contribution in [0.15, 0.2) is 42.5 Å². The quantitative estimate of drug-likeness (QED) is 0.841. The van der Waals surface area contributed by atoms with Crippen molar-refractivity contribution in [2.75, 3.05) is 0 Å². The first-order valence-corrected chi connectivity index (χ1v) is 9.60. The molecule has 0 aliphatic heterocycles. The highest BCUT2D eigenvalue weighted by molar-refractivity contribution is 5.34. The molecule has 1 aliphatic rings. The lowest BCUT2D eigenvalue weighted by Crippen LogP contribution is -2.44. The maximum atomic E-state index is 14.4. The predicted octanol–water partition coefficient (Wildman–Crippen LogP) is 4.60. The van der Waals surface area contributed by atoms with Crippen LogP contribution in [0.3, 0.4) is 0 Å². The smallest absolute Gasteiger partial charge is 0.126 e. The van der Waals surface area contributed by atoms with Gasteiger partial charge in [-0.2, -0.15) is 0 Å². The minimum Gasteiger partial charge on any atom is -0.390 e. The zero-order chi connectivity index (χ0) is 18.8. The molecule has 1 saturated carbocycles. The molecule has 0 saturated heterocycles. The molecule has 2 N–H and O–H groups in total. The summed E-state index contributed by atoms with van der Waals surface area (Å²) in [6, 6.07) is 13.3. The van der Waals surface area contributed by atoms with E-state index in [0.717, 1.165) is 17.5 Å². The molecule has 140 valence electrons. The highest BCUT2D eigenvalue weighted by atomic mass is 19.1. The van der Waals surface area contributed by atoms with E-state index < -0.39 is 12.2 Å². The largest absolute Gasteiger partial charge is 0.390 e. The summed E-state index contributed by atoms with van der Waals surface area (Å²) in [4.78, 5) is 0. The van der Waals surface area contributed by atoms with Gasteiger partial charge in [0, 0.05) is 12.3 Å². The normalized spacial score (nSPS) is 28.9. The molecule has 5 unspecified atom stereocenters. The summed E-state index contributed by atoms with van der Waals surface area (Å²) in [7, 11) is 0. The Labute approximate surface area is 155 Å². The first kappa shape index (κ1) is 19.1. The van der Waals surface area contributed by atoms with Gasteiger partial charge in [0.1, 0.15) is 5.82 Å². The maximum absolute atomic E-state index is 14.4. The molecule has 2 aromatic carbocycles. The number of halogens is 1. The zero-order valence-electron chi connectivity index (χ0n) is 15.8. The summed E-state index contributed by atoms with van der Waals surface area (Å²) in [5.74, 6) is 0.234. The molecule has 3 rings (SSSR count). The van der Waals surface area contributed by atoms with Gasteiger partial charge in [0.15, 0.2) is 0 Å². The standard InChI is InChI=1S/C23H29FO2/c1-4-19-15(3)11-21(25)23(26)22(19)17-9-10-20(24)18(13-17)12-16-7-5-14(2)6-8-16/h5-10,13,15,19,21-23,25-26H,4,11-12H2,1-3H3. The molecule has 0 heterocycles. The second-order valence-electron chi connectivity index (χ2n) is 7.88. The van der Waals surface area contributed by atoms with E-state index in [9.17, 15) is 14.6 Å². The van der Waals surface area contributed by atoms with Gasteiger partial charge in [0.2, 0.25) is 0 Å². The zero-order valence-corrected chi connectivity index (χ0v) is 15.8. The van der Waals surface area contributed by atoms with Crippen LogP contribution in [-0.4, -0.2) is 22.4 Å². The lowest BCUT2D eigenvalue weighted by molar-refractivity contribution is -0.0616. The van der Waals surface area contributed by atoms with E-state index in [1.807, 2.05) is 37.3 Å². The van der Waals surface area contributed by atoms with Gasteiger partial charge in [-0.3, -0.25) is 0 Å². The molecule has 26 heavy (non-hydrogen) atoms. The van der Waals surface area contributed by atoms with Crippen molar-refractivity contribution in [3.8, 4) is 0 Å². The van der Waals surface area contributed by atoms with Crippen molar-refractivity contribution in [1.29, 1.82) is 0 Å².